The number of hydrogen-bond acceptors (Lipinski definition) is 5. The first-order chi connectivity index (χ1) is 14.8. The van der Waals surface area contributed by atoms with Gasteiger partial charge in [-0.2, -0.15) is 0 Å². The molecular formula is C21H13ClFN3O4S. The van der Waals surface area contributed by atoms with Gasteiger partial charge in [0.25, 0.3) is 0 Å². The summed E-state index contributed by atoms with van der Waals surface area (Å²) in [5, 5.41) is 16.9. The van der Waals surface area contributed by atoms with E-state index in [-0.39, 0.29) is 26.2 Å². The van der Waals surface area contributed by atoms with E-state index in [0.717, 1.165) is 0 Å². The highest BCUT2D eigenvalue weighted by Gasteiger charge is 2.29. The largest absolute Gasteiger partial charge is 0.478 e. The molecule has 0 atom stereocenters. The average molecular weight is 458 g/mol. The Morgan fingerprint density at radius 1 is 1.00 bits per heavy atom. The van der Waals surface area contributed by atoms with E-state index in [0.29, 0.717) is 11.3 Å². The third kappa shape index (κ3) is 3.92. The highest BCUT2D eigenvalue weighted by atomic mass is 35.5. The first-order valence-electron chi connectivity index (χ1n) is 8.83. The fourth-order valence-corrected chi connectivity index (χ4v) is 4.60. The Morgan fingerprint density at radius 3 is 2.29 bits per heavy atom. The van der Waals surface area contributed by atoms with Gasteiger partial charge in [-0.3, -0.25) is 0 Å². The fourth-order valence-electron chi connectivity index (χ4n) is 2.97. The molecule has 1 aromatic heterocycles. The van der Waals surface area contributed by atoms with Crippen LogP contribution in [0.3, 0.4) is 0 Å². The van der Waals surface area contributed by atoms with Crippen molar-refractivity contribution in [2.24, 2.45) is 0 Å². The van der Waals surface area contributed by atoms with Crippen molar-refractivity contribution >= 4 is 27.4 Å². The lowest BCUT2D eigenvalue weighted by atomic mass is 10.1. The number of rotatable bonds is 5. The van der Waals surface area contributed by atoms with Crippen LogP contribution >= 0.6 is 11.6 Å². The van der Waals surface area contributed by atoms with Crippen LogP contribution in [0.15, 0.2) is 82.7 Å². The zero-order chi connectivity index (χ0) is 22.2. The molecule has 1 N–H and O–H groups in total. The molecule has 0 aliphatic rings. The molecule has 4 rings (SSSR count). The number of sulfone groups is 1. The second kappa shape index (κ2) is 7.93. The van der Waals surface area contributed by atoms with Crippen LogP contribution < -0.4 is 0 Å². The molecule has 31 heavy (non-hydrogen) atoms. The summed E-state index contributed by atoms with van der Waals surface area (Å²) in [6.07, 6.45) is 0. The van der Waals surface area contributed by atoms with E-state index in [1.54, 1.807) is 6.07 Å². The van der Waals surface area contributed by atoms with E-state index in [2.05, 4.69) is 10.3 Å². The molecule has 0 amide bonds. The molecule has 10 heteroatoms. The lowest BCUT2D eigenvalue weighted by Crippen LogP contribution is -2.06. The van der Waals surface area contributed by atoms with Crippen molar-refractivity contribution in [3.63, 3.8) is 0 Å². The summed E-state index contributed by atoms with van der Waals surface area (Å²) in [4.78, 5) is 11.1. The predicted octanol–water partition coefficient (Wildman–Crippen LogP) is 4.26. The van der Waals surface area contributed by atoms with Crippen LogP contribution in [0.4, 0.5) is 4.39 Å². The molecule has 0 unspecified atom stereocenters. The van der Waals surface area contributed by atoms with E-state index in [4.69, 9.17) is 16.7 Å². The number of halogens is 2. The monoisotopic (exact) mass is 457 g/mol. The molecule has 7 nitrogen and oxygen atoms in total. The summed E-state index contributed by atoms with van der Waals surface area (Å²) in [5.74, 6) is -1.60. The predicted molar refractivity (Wildman–Crippen MR) is 111 cm³/mol. The minimum Gasteiger partial charge on any atom is -0.478 e. The Hall–Kier alpha value is -3.56. The number of carbonyl (C=O) groups is 1. The van der Waals surface area contributed by atoms with Crippen molar-refractivity contribution < 1.29 is 22.7 Å². The molecule has 0 saturated heterocycles. The van der Waals surface area contributed by atoms with Crippen LogP contribution in [-0.2, 0) is 9.84 Å². The number of carboxylic acids is 1. The number of aromatic carboxylic acids is 1. The third-order valence-corrected chi connectivity index (χ3v) is 6.37. The SMILES string of the molecule is O=C(O)c1ccc(-n2nnc(S(=O)(=O)c3cccc(Cl)c3)c2-c2ccc(F)cc2)cc1. The van der Waals surface area contributed by atoms with Gasteiger partial charge >= 0.3 is 5.97 Å². The van der Waals surface area contributed by atoms with Crippen molar-refractivity contribution in [2.75, 3.05) is 0 Å². The van der Waals surface area contributed by atoms with Gasteiger partial charge in [0.2, 0.25) is 14.9 Å². The number of benzene rings is 3. The molecular weight excluding hydrogens is 445 g/mol. The normalized spacial score (nSPS) is 11.4. The molecule has 0 fully saturated rings. The minimum absolute atomic E-state index is 0.0546. The zero-order valence-corrected chi connectivity index (χ0v) is 17.2. The van der Waals surface area contributed by atoms with E-state index in [1.807, 2.05) is 0 Å². The zero-order valence-electron chi connectivity index (χ0n) is 15.6. The average Bonchev–Trinajstić information content (AvgIpc) is 3.20. The summed E-state index contributed by atoms with van der Waals surface area (Å²) in [7, 11) is -4.13. The molecule has 0 radical (unpaired) electrons. The van der Waals surface area contributed by atoms with Crippen LogP contribution in [0.5, 0.6) is 0 Å². The van der Waals surface area contributed by atoms with E-state index < -0.39 is 21.6 Å². The number of aromatic nitrogens is 3. The quantitative estimate of drug-likeness (QED) is 0.480. The molecule has 3 aromatic carbocycles. The first kappa shape index (κ1) is 20.7. The van der Waals surface area contributed by atoms with Gasteiger partial charge < -0.3 is 5.11 Å². The topological polar surface area (TPSA) is 102 Å². The number of hydrogen-bond donors (Lipinski definition) is 1. The van der Waals surface area contributed by atoms with Gasteiger partial charge in [0.15, 0.2) is 0 Å². The van der Waals surface area contributed by atoms with Gasteiger partial charge in [-0.05, 0) is 66.7 Å². The maximum atomic E-state index is 13.5. The Balaban J connectivity index is 1.95. The highest BCUT2D eigenvalue weighted by molar-refractivity contribution is 7.91. The summed E-state index contributed by atoms with van der Waals surface area (Å²) >= 11 is 5.96. The van der Waals surface area contributed by atoms with Crippen molar-refractivity contribution in [3.8, 4) is 16.9 Å². The highest BCUT2D eigenvalue weighted by Crippen LogP contribution is 2.32. The van der Waals surface area contributed by atoms with Crippen molar-refractivity contribution in [1.82, 2.24) is 15.0 Å². The standard InChI is InChI=1S/C21H13ClFN3O4S/c22-15-2-1-3-18(12-15)31(29,30)20-19(13-4-8-16(23)9-5-13)26(25-24-20)17-10-6-14(7-11-17)21(27)28/h1-12H,(H,27,28). The van der Waals surface area contributed by atoms with Gasteiger partial charge in [-0.25, -0.2) is 22.3 Å². The van der Waals surface area contributed by atoms with Crippen LogP contribution in [0.2, 0.25) is 5.02 Å². The summed E-state index contributed by atoms with van der Waals surface area (Å²) < 4.78 is 41.4. The Kier molecular flexibility index (Phi) is 5.30. The molecule has 0 bridgehead atoms. The molecule has 0 aliphatic carbocycles. The second-order valence-electron chi connectivity index (χ2n) is 6.47. The molecule has 4 aromatic rings. The second-order valence-corrected chi connectivity index (χ2v) is 8.78. The maximum absolute atomic E-state index is 13.5. The first-order valence-corrected chi connectivity index (χ1v) is 10.7. The lowest BCUT2D eigenvalue weighted by Gasteiger charge is -2.10. The smallest absolute Gasteiger partial charge is 0.335 e. The lowest BCUT2D eigenvalue weighted by molar-refractivity contribution is 0.0697. The Bertz CT molecular complexity index is 1390. The number of nitrogens with zero attached hydrogens (tertiary/aromatic N) is 3. The Labute approximate surface area is 181 Å². The van der Waals surface area contributed by atoms with Crippen LogP contribution in [0.25, 0.3) is 16.9 Å². The molecule has 0 aliphatic heterocycles. The summed E-state index contributed by atoms with van der Waals surface area (Å²) in [6.45, 7) is 0. The maximum Gasteiger partial charge on any atom is 0.335 e. The number of carboxylic acid groups (broad SMARTS) is 1. The van der Waals surface area contributed by atoms with Gasteiger partial charge in [0.05, 0.1) is 16.1 Å². The molecule has 156 valence electrons. The van der Waals surface area contributed by atoms with E-state index in [1.165, 1.54) is 71.4 Å². The molecule has 1 heterocycles. The Morgan fingerprint density at radius 2 is 1.68 bits per heavy atom. The van der Waals surface area contributed by atoms with Crippen LogP contribution in [0.1, 0.15) is 10.4 Å². The van der Waals surface area contributed by atoms with Gasteiger partial charge in [0.1, 0.15) is 11.5 Å². The van der Waals surface area contributed by atoms with Gasteiger partial charge in [-0.15, -0.1) is 5.10 Å². The summed E-state index contributed by atoms with van der Waals surface area (Å²) in [6, 6.07) is 16.6. The fraction of sp³-hybridized carbons (Fsp3) is 0. The van der Waals surface area contributed by atoms with Crippen molar-refractivity contribution in [1.29, 1.82) is 0 Å². The van der Waals surface area contributed by atoms with Crippen molar-refractivity contribution in [3.05, 3.63) is 89.2 Å². The summed E-state index contributed by atoms with van der Waals surface area (Å²) in [5.41, 5.74) is 0.890. The molecule has 0 spiro atoms. The third-order valence-electron chi connectivity index (χ3n) is 4.48. The van der Waals surface area contributed by atoms with Gasteiger partial charge in [0, 0.05) is 10.6 Å². The molecule has 0 saturated carbocycles. The van der Waals surface area contributed by atoms with E-state index in [9.17, 15) is 17.6 Å². The van der Waals surface area contributed by atoms with Gasteiger partial charge in [-0.1, -0.05) is 22.9 Å². The minimum atomic E-state index is -4.13. The van der Waals surface area contributed by atoms with Crippen LogP contribution in [-0.4, -0.2) is 34.5 Å². The van der Waals surface area contributed by atoms with E-state index >= 15 is 0 Å². The van der Waals surface area contributed by atoms with Crippen LogP contribution in [0, 0.1) is 5.82 Å². The van der Waals surface area contributed by atoms with Crippen molar-refractivity contribution in [2.45, 2.75) is 9.92 Å².